The summed E-state index contributed by atoms with van der Waals surface area (Å²) in [4.78, 5) is 2.65. The van der Waals surface area contributed by atoms with Crippen molar-refractivity contribution < 1.29 is 13.5 Å². The Labute approximate surface area is 156 Å². The Morgan fingerprint density at radius 3 is 2.38 bits per heavy atom. The molecule has 144 valence electrons. The normalized spacial score (nSPS) is 29.9. The molecule has 3 fully saturated rings. The third-order valence-electron chi connectivity index (χ3n) is 6.14. The molecule has 0 aliphatic heterocycles. The van der Waals surface area contributed by atoms with Crippen molar-refractivity contribution in [2.75, 3.05) is 0 Å². The fourth-order valence-corrected chi connectivity index (χ4v) is 5.14. The van der Waals surface area contributed by atoms with E-state index in [1.54, 1.807) is 24.3 Å². The number of fused-ring (bicyclic) bond motifs is 3. The molecule has 0 amide bonds. The molecule has 3 aliphatic rings. The highest BCUT2D eigenvalue weighted by Crippen LogP contribution is 2.53. The van der Waals surface area contributed by atoms with Crippen LogP contribution in [0, 0.1) is 12.3 Å². The summed E-state index contributed by atoms with van der Waals surface area (Å²) >= 11 is 0. The summed E-state index contributed by atoms with van der Waals surface area (Å²) < 4.78 is 25.1. The number of hydrogen-bond donors (Lipinski definition) is 2. The number of aliphatic hydroxyl groups is 1. The van der Waals surface area contributed by atoms with Crippen LogP contribution in [-0.2, 0) is 10.0 Å². The molecule has 0 aromatic heterocycles. The zero-order valence-corrected chi connectivity index (χ0v) is 16.6. The third-order valence-corrected chi connectivity index (χ3v) is 7.36. The van der Waals surface area contributed by atoms with Crippen molar-refractivity contribution in [1.82, 2.24) is 4.83 Å². The molecule has 1 aromatic carbocycles. The maximum Gasteiger partial charge on any atom is 0.276 e. The molecule has 3 saturated carbocycles. The summed E-state index contributed by atoms with van der Waals surface area (Å²) in [6, 6.07) is 6.74. The summed E-state index contributed by atoms with van der Waals surface area (Å²) in [6.45, 7) is 4.10. The smallest absolute Gasteiger partial charge is 0.276 e. The van der Waals surface area contributed by atoms with Gasteiger partial charge in [-0.3, -0.25) is 0 Å². The first kappa shape index (κ1) is 19.4. The Balaban J connectivity index is 1.81. The zero-order chi connectivity index (χ0) is 18.8. The van der Waals surface area contributed by atoms with Crippen molar-refractivity contribution in [1.29, 1.82) is 0 Å². The molecular formula is C20H30N2O3S. The molecule has 5 nitrogen and oxygen atoms in total. The van der Waals surface area contributed by atoms with Crippen molar-refractivity contribution in [2.24, 2.45) is 10.5 Å². The largest absolute Gasteiger partial charge is 0.389 e. The molecule has 2 N–H and O–H groups in total. The fraction of sp³-hybridized carbons (Fsp3) is 0.650. The lowest BCUT2D eigenvalue weighted by Crippen LogP contribution is -2.52. The maximum absolute atomic E-state index is 12.6. The average Bonchev–Trinajstić information content (AvgIpc) is 2.62. The van der Waals surface area contributed by atoms with Gasteiger partial charge in [-0.25, -0.2) is 4.83 Å². The standard InChI is InChI=1S/C20H30N2O3S/c1-3-4-5-10-19-11-13-20(23,14-12-19)15-18(19)21-22-26(24,25)17-8-6-16(2)7-9-17/h6-9,22-23H,3-5,10-15H2,1-2H3/b21-18+. The number of hydrazone groups is 1. The van der Waals surface area contributed by atoms with Gasteiger partial charge in [0, 0.05) is 17.5 Å². The molecule has 0 unspecified atom stereocenters. The van der Waals surface area contributed by atoms with Gasteiger partial charge >= 0.3 is 0 Å². The minimum Gasteiger partial charge on any atom is -0.389 e. The SMILES string of the molecule is CCCCCC12CCC(O)(CC1)C/C2=N\NS(=O)(=O)c1ccc(C)cc1. The summed E-state index contributed by atoms with van der Waals surface area (Å²) in [5.74, 6) is 0. The summed E-state index contributed by atoms with van der Waals surface area (Å²) in [5, 5.41) is 15.0. The first-order valence-corrected chi connectivity index (χ1v) is 11.1. The number of benzene rings is 1. The van der Waals surface area contributed by atoms with Gasteiger partial charge in [0.15, 0.2) is 0 Å². The minimum atomic E-state index is -3.68. The predicted octanol–water partition coefficient (Wildman–Crippen LogP) is 3.90. The van der Waals surface area contributed by atoms with Crippen LogP contribution < -0.4 is 4.83 Å². The average molecular weight is 379 g/mol. The number of rotatable bonds is 7. The maximum atomic E-state index is 12.6. The molecule has 0 spiro atoms. The van der Waals surface area contributed by atoms with Crippen LogP contribution in [0.5, 0.6) is 0 Å². The molecule has 0 heterocycles. The highest BCUT2D eigenvalue weighted by molar-refractivity contribution is 7.89. The number of unbranched alkanes of at least 4 members (excludes halogenated alkanes) is 2. The molecule has 0 radical (unpaired) electrons. The van der Waals surface area contributed by atoms with Crippen LogP contribution in [0.2, 0.25) is 0 Å². The molecule has 1 aromatic rings. The van der Waals surface area contributed by atoms with Crippen LogP contribution in [-0.4, -0.2) is 24.8 Å². The lowest BCUT2D eigenvalue weighted by Gasteiger charge is -2.51. The van der Waals surface area contributed by atoms with E-state index in [9.17, 15) is 13.5 Å². The first-order chi connectivity index (χ1) is 12.3. The fourth-order valence-electron chi connectivity index (χ4n) is 4.31. The molecule has 6 heteroatoms. The molecule has 0 saturated heterocycles. The van der Waals surface area contributed by atoms with Gasteiger partial charge in [0.2, 0.25) is 0 Å². The number of nitrogens with one attached hydrogen (secondary N) is 1. The van der Waals surface area contributed by atoms with Gasteiger partial charge in [0.25, 0.3) is 10.0 Å². The molecule has 4 rings (SSSR count). The molecule has 26 heavy (non-hydrogen) atoms. The van der Waals surface area contributed by atoms with Crippen LogP contribution >= 0.6 is 0 Å². The number of nitrogens with zero attached hydrogens (tertiary/aromatic N) is 1. The quantitative estimate of drug-likeness (QED) is 0.558. The lowest BCUT2D eigenvalue weighted by atomic mass is 9.56. The van der Waals surface area contributed by atoms with Gasteiger partial charge in [-0.05, 0) is 51.2 Å². The Bertz CT molecular complexity index is 761. The highest BCUT2D eigenvalue weighted by Gasteiger charge is 2.51. The molecule has 3 aliphatic carbocycles. The van der Waals surface area contributed by atoms with E-state index in [0.717, 1.165) is 56.2 Å². The summed E-state index contributed by atoms with van der Waals surface area (Å²) in [7, 11) is -3.68. The van der Waals surface area contributed by atoms with Crippen LogP contribution in [0.15, 0.2) is 34.3 Å². The first-order valence-electron chi connectivity index (χ1n) is 9.67. The van der Waals surface area contributed by atoms with Gasteiger partial charge < -0.3 is 5.11 Å². The van der Waals surface area contributed by atoms with E-state index < -0.39 is 15.6 Å². The monoisotopic (exact) mass is 378 g/mol. The Kier molecular flexibility index (Phi) is 5.45. The van der Waals surface area contributed by atoms with Gasteiger partial charge in [-0.2, -0.15) is 13.5 Å². The summed E-state index contributed by atoms with van der Waals surface area (Å²) in [6.07, 6.45) is 8.36. The van der Waals surface area contributed by atoms with E-state index in [4.69, 9.17) is 0 Å². The third kappa shape index (κ3) is 3.96. The lowest BCUT2D eigenvalue weighted by molar-refractivity contribution is -0.0375. The van der Waals surface area contributed by atoms with Crippen LogP contribution in [0.4, 0.5) is 0 Å². The van der Waals surface area contributed by atoms with Crippen molar-refractivity contribution in [3.05, 3.63) is 29.8 Å². The van der Waals surface area contributed by atoms with Gasteiger partial charge in [-0.1, -0.05) is 43.9 Å². The minimum absolute atomic E-state index is 0.0462. The zero-order valence-electron chi connectivity index (χ0n) is 15.8. The second kappa shape index (κ2) is 7.31. The topological polar surface area (TPSA) is 78.8 Å². The second-order valence-corrected chi connectivity index (χ2v) is 9.77. The van der Waals surface area contributed by atoms with E-state index >= 15 is 0 Å². The molecule has 0 atom stereocenters. The van der Waals surface area contributed by atoms with Gasteiger partial charge in [0.05, 0.1) is 10.5 Å². The van der Waals surface area contributed by atoms with Gasteiger partial charge in [-0.15, -0.1) is 0 Å². The van der Waals surface area contributed by atoms with E-state index in [0.29, 0.717) is 6.42 Å². The van der Waals surface area contributed by atoms with Crippen molar-refractivity contribution >= 4 is 15.7 Å². The number of hydrogen-bond acceptors (Lipinski definition) is 4. The van der Waals surface area contributed by atoms with E-state index in [2.05, 4.69) is 16.9 Å². The van der Waals surface area contributed by atoms with E-state index in [-0.39, 0.29) is 10.3 Å². The number of aryl methyl sites for hydroxylation is 1. The highest BCUT2D eigenvalue weighted by atomic mass is 32.2. The molecule has 2 bridgehead atoms. The van der Waals surface area contributed by atoms with E-state index in [1.165, 1.54) is 6.42 Å². The van der Waals surface area contributed by atoms with Crippen LogP contribution in [0.3, 0.4) is 0 Å². The van der Waals surface area contributed by atoms with Crippen molar-refractivity contribution in [3.8, 4) is 0 Å². The van der Waals surface area contributed by atoms with Crippen LogP contribution in [0.25, 0.3) is 0 Å². The van der Waals surface area contributed by atoms with Crippen molar-refractivity contribution in [3.63, 3.8) is 0 Å². The van der Waals surface area contributed by atoms with Crippen molar-refractivity contribution in [2.45, 2.75) is 82.1 Å². The Morgan fingerprint density at radius 2 is 1.77 bits per heavy atom. The molecular weight excluding hydrogens is 348 g/mol. The Hall–Kier alpha value is -1.40. The Morgan fingerprint density at radius 1 is 1.12 bits per heavy atom. The van der Waals surface area contributed by atoms with E-state index in [1.807, 2.05) is 6.92 Å². The second-order valence-electron chi connectivity index (χ2n) is 8.10. The number of sulfonamides is 1. The van der Waals surface area contributed by atoms with Crippen LogP contribution in [0.1, 0.15) is 70.3 Å². The predicted molar refractivity (Wildman–Crippen MR) is 104 cm³/mol. The van der Waals surface area contributed by atoms with Gasteiger partial charge in [0.1, 0.15) is 0 Å². The summed E-state index contributed by atoms with van der Waals surface area (Å²) in [5.41, 5.74) is 1.09.